The third-order valence-electron chi connectivity index (χ3n) is 3.65. The minimum atomic E-state index is -0.628. The first kappa shape index (κ1) is 7.84. The molecule has 0 saturated heterocycles. The van der Waals surface area contributed by atoms with E-state index in [1.807, 2.05) is 6.08 Å². The van der Waals surface area contributed by atoms with Gasteiger partial charge in [-0.1, -0.05) is 6.08 Å². The molecule has 2 fully saturated rings. The van der Waals surface area contributed by atoms with Crippen molar-refractivity contribution >= 4 is 5.97 Å². The Hall–Kier alpha value is -0.790. The van der Waals surface area contributed by atoms with Gasteiger partial charge in [0.05, 0.1) is 5.92 Å². The van der Waals surface area contributed by atoms with Gasteiger partial charge < -0.3 is 5.11 Å². The molecule has 2 saturated carbocycles. The molecule has 1 N–H and O–H groups in total. The SMILES string of the molecule is C=CC12CCC(CC1C(=O)O)C2. The molecule has 2 rings (SSSR count). The molecule has 0 aromatic carbocycles. The number of aliphatic carboxylic acids is 1. The summed E-state index contributed by atoms with van der Waals surface area (Å²) in [5.41, 5.74) is -0.0451. The van der Waals surface area contributed by atoms with E-state index in [9.17, 15) is 4.79 Å². The van der Waals surface area contributed by atoms with E-state index in [1.165, 1.54) is 6.42 Å². The van der Waals surface area contributed by atoms with Crippen molar-refractivity contribution in [3.05, 3.63) is 12.7 Å². The molecule has 3 unspecified atom stereocenters. The third kappa shape index (κ3) is 0.838. The Morgan fingerprint density at radius 1 is 1.67 bits per heavy atom. The molecular formula is C10H14O2. The van der Waals surface area contributed by atoms with Crippen LogP contribution in [0.15, 0.2) is 12.7 Å². The van der Waals surface area contributed by atoms with E-state index in [0.717, 1.165) is 19.3 Å². The Balaban J connectivity index is 2.28. The summed E-state index contributed by atoms with van der Waals surface area (Å²) in [6, 6.07) is 0. The van der Waals surface area contributed by atoms with Crippen LogP contribution >= 0.6 is 0 Å². The number of rotatable bonds is 2. The molecule has 2 nitrogen and oxygen atoms in total. The van der Waals surface area contributed by atoms with Crippen molar-refractivity contribution in [2.45, 2.75) is 25.7 Å². The van der Waals surface area contributed by atoms with E-state index < -0.39 is 5.97 Å². The molecule has 2 heteroatoms. The highest BCUT2D eigenvalue weighted by atomic mass is 16.4. The van der Waals surface area contributed by atoms with E-state index in [2.05, 4.69) is 6.58 Å². The summed E-state index contributed by atoms with van der Waals surface area (Å²) in [6.45, 7) is 3.78. The highest BCUT2D eigenvalue weighted by Gasteiger charge is 2.53. The predicted molar refractivity (Wildman–Crippen MR) is 45.7 cm³/mol. The smallest absolute Gasteiger partial charge is 0.307 e. The maximum atomic E-state index is 10.9. The summed E-state index contributed by atoms with van der Waals surface area (Å²) < 4.78 is 0. The van der Waals surface area contributed by atoms with E-state index in [0.29, 0.717) is 5.92 Å². The van der Waals surface area contributed by atoms with Crippen LogP contribution in [0.4, 0.5) is 0 Å². The van der Waals surface area contributed by atoms with Crippen molar-refractivity contribution in [3.8, 4) is 0 Å². The molecule has 3 atom stereocenters. The summed E-state index contributed by atoms with van der Waals surface area (Å²) >= 11 is 0. The monoisotopic (exact) mass is 166 g/mol. The summed E-state index contributed by atoms with van der Waals surface area (Å²) in [5, 5.41) is 8.98. The molecular weight excluding hydrogens is 152 g/mol. The van der Waals surface area contributed by atoms with Crippen molar-refractivity contribution in [2.24, 2.45) is 17.3 Å². The minimum Gasteiger partial charge on any atom is -0.481 e. The fourth-order valence-corrected chi connectivity index (χ4v) is 2.97. The highest BCUT2D eigenvalue weighted by Crippen LogP contribution is 2.58. The van der Waals surface area contributed by atoms with E-state index in [4.69, 9.17) is 5.11 Å². The largest absolute Gasteiger partial charge is 0.481 e. The normalized spacial score (nSPS) is 44.7. The first-order chi connectivity index (χ1) is 5.68. The van der Waals surface area contributed by atoms with Crippen LogP contribution in [0, 0.1) is 17.3 Å². The van der Waals surface area contributed by atoms with Gasteiger partial charge in [0, 0.05) is 5.41 Å². The van der Waals surface area contributed by atoms with Gasteiger partial charge in [0.15, 0.2) is 0 Å². The van der Waals surface area contributed by atoms with Gasteiger partial charge in [0.2, 0.25) is 0 Å². The van der Waals surface area contributed by atoms with Crippen molar-refractivity contribution < 1.29 is 9.90 Å². The average molecular weight is 166 g/mol. The van der Waals surface area contributed by atoms with Gasteiger partial charge in [0.1, 0.15) is 0 Å². The quantitative estimate of drug-likeness (QED) is 0.637. The van der Waals surface area contributed by atoms with Crippen LogP contribution < -0.4 is 0 Å². The Kier molecular flexibility index (Phi) is 1.53. The van der Waals surface area contributed by atoms with Crippen LogP contribution in [0.1, 0.15) is 25.7 Å². The van der Waals surface area contributed by atoms with Crippen LogP contribution in [0.25, 0.3) is 0 Å². The number of fused-ring (bicyclic) bond motifs is 2. The van der Waals surface area contributed by atoms with Crippen molar-refractivity contribution in [1.29, 1.82) is 0 Å². The second-order valence-corrected chi connectivity index (χ2v) is 4.17. The summed E-state index contributed by atoms with van der Waals surface area (Å²) in [7, 11) is 0. The lowest BCUT2D eigenvalue weighted by Gasteiger charge is -2.28. The van der Waals surface area contributed by atoms with Crippen LogP contribution in [-0.2, 0) is 4.79 Å². The zero-order valence-corrected chi connectivity index (χ0v) is 7.12. The van der Waals surface area contributed by atoms with Gasteiger partial charge in [-0.25, -0.2) is 0 Å². The Labute approximate surface area is 72.3 Å². The molecule has 0 aromatic rings. The van der Waals surface area contributed by atoms with Gasteiger partial charge in [-0.2, -0.15) is 0 Å². The fraction of sp³-hybridized carbons (Fsp3) is 0.700. The summed E-state index contributed by atoms with van der Waals surface area (Å²) in [4.78, 5) is 10.9. The molecule has 0 heterocycles. The zero-order chi connectivity index (χ0) is 8.77. The molecule has 0 radical (unpaired) electrons. The van der Waals surface area contributed by atoms with E-state index >= 15 is 0 Å². The molecule has 2 bridgehead atoms. The van der Waals surface area contributed by atoms with Crippen LogP contribution in [0.3, 0.4) is 0 Å². The maximum absolute atomic E-state index is 10.9. The van der Waals surface area contributed by atoms with E-state index in [-0.39, 0.29) is 11.3 Å². The lowest BCUT2D eigenvalue weighted by atomic mass is 9.75. The Bertz CT molecular complexity index is 234. The highest BCUT2D eigenvalue weighted by molar-refractivity contribution is 5.72. The molecule has 2 aliphatic rings. The Morgan fingerprint density at radius 3 is 2.83 bits per heavy atom. The maximum Gasteiger partial charge on any atom is 0.307 e. The summed E-state index contributed by atoms with van der Waals surface area (Å²) in [6.07, 6.45) is 6.07. The predicted octanol–water partition coefficient (Wildman–Crippen LogP) is 2.06. The molecule has 0 spiro atoms. The van der Waals surface area contributed by atoms with Gasteiger partial charge in [0.25, 0.3) is 0 Å². The number of carbonyl (C=O) groups is 1. The molecule has 0 amide bonds. The lowest BCUT2D eigenvalue weighted by Crippen LogP contribution is -2.29. The van der Waals surface area contributed by atoms with Gasteiger partial charge in [-0.15, -0.1) is 6.58 Å². The number of carboxylic acids is 1. The number of carboxylic acid groups (broad SMARTS) is 1. The first-order valence-electron chi connectivity index (χ1n) is 4.54. The van der Waals surface area contributed by atoms with E-state index in [1.54, 1.807) is 0 Å². The second kappa shape index (κ2) is 2.35. The van der Waals surface area contributed by atoms with Crippen molar-refractivity contribution in [1.82, 2.24) is 0 Å². The van der Waals surface area contributed by atoms with Crippen molar-refractivity contribution in [3.63, 3.8) is 0 Å². The van der Waals surface area contributed by atoms with Crippen LogP contribution in [0.5, 0.6) is 0 Å². The average Bonchev–Trinajstić information content (AvgIpc) is 2.60. The summed E-state index contributed by atoms with van der Waals surface area (Å²) in [5.74, 6) is -0.116. The Morgan fingerprint density at radius 2 is 2.42 bits per heavy atom. The number of hydrogen-bond donors (Lipinski definition) is 1. The fourth-order valence-electron chi connectivity index (χ4n) is 2.97. The second-order valence-electron chi connectivity index (χ2n) is 4.17. The molecule has 0 aromatic heterocycles. The van der Waals surface area contributed by atoms with Gasteiger partial charge in [-0.3, -0.25) is 4.79 Å². The number of allylic oxidation sites excluding steroid dienone is 1. The zero-order valence-electron chi connectivity index (χ0n) is 7.12. The minimum absolute atomic E-state index is 0.0451. The first-order valence-corrected chi connectivity index (χ1v) is 4.54. The van der Waals surface area contributed by atoms with Gasteiger partial charge >= 0.3 is 5.97 Å². The molecule has 2 aliphatic carbocycles. The lowest BCUT2D eigenvalue weighted by molar-refractivity contribution is -0.145. The van der Waals surface area contributed by atoms with Gasteiger partial charge in [-0.05, 0) is 31.6 Å². The van der Waals surface area contributed by atoms with Crippen molar-refractivity contribution in [2.75, 3.05) is 0 Å². The molecule has 66 valence electrons. The van der Waals surface area contributed by atoms with Crippen LogP contribution in [-0.4, -0.2) is 11.1 Å². The standard InChI is InChI=1S/C10H14O2/c1-2-10-4-3-7(6-10)5-8(10)9(11)12/h2,7-8H,1,3-6H2,(H,11,12). The van der Waals surface area contributed by atoms with Crippen LogP contribution in [0.2, 0.25) is 0 Å². The molecule has 0 aliphatic heterocycles. The number of hydrogen-bond acceptors (Lipinski definition) is 1. The molecule has 12 heavy (non-hydrogen) atoms. The topological polar surface area (TPSA) is 37.3 Å². The third-order valence-corrected chi connectivity index (χ3v) is 3.65.